The molecule has 7 heteroatoms. The maximum atomic E-state index is 5.88. The summed E-state index contributed by atoms with van der Waals surface area (Å²) in [6, 6.07) is 12.9. The lowest BCUT2D eigenvalue weighted by molar-refractivity contribution is 0.355. The summed E-state index contributed by atoms with van der Waals surface area (Å²) in [5.74, 6) is 1.27. The number of rotatable bonds is 5. The van der Waals surface area contributed by atoms with Crippen LogP contribution in [-0.2, 0) is 0 Å². The normalized spacial score (nSPS) is 10.9. The number of methoxy groups -OCH3 is 2. The monoisotopic (exact) mass is 363 g/mol. The summed E-state index contributed by atoms with van der Waals surface area (Å²) >= 11 is 11.1. The third-order valence-electron chi connectivity index (χ3n) is 3.23. The number of hydrogen-bond donors (Lipinski definition) is 2. The van der Waals surface area contributed by atoms with Crippen molar-refractivity contribution in [1.82, 2.24) is 5.43 Å². The minimum absolute atomic E-state index is 0.371. The number of halogens is 1. The van der Waals surface area contributed by atoms with Gasteiger partial charge in [-0.25, -0.2) is 0 Å². The molecule has 2 aromatic rings. The van der Waals surface area contributed by atoms with Crippen LogP contribution in [0.25, 0.3) is 0 Å². The summed E-state index contributed by atoms with van der Waals surface area (Å²) in [4.78, 5) is 0. The van der Waals surface area contributed by atoms with Gasteiger partial charge in [0.15, 0.2) is 16.6 Å². The van der Waals surface area contributed by atoms with Gasteiger partial charge < -0.3 is 14.8 Å². The maximum absolute atomic E-state index is 5.88. The van der Waals surface area contributed by atoms with E-state index in [4.69, 9.17) is 33.3 Å². The third-order valence-corrected chi connectivity index (χ3v) is 3.67. The van der Waals surface area contributed by atoms with E-state index in [9.17, 15) is 0 Å². The fourth-order valence-electron chi connectivity index (χ4n) is 1.96. The molecule has 5 nitrogen and oxygen atoms in total. The predicted octanol–water partition coefficient (Wildman–Crippen LogP) is 4.07. The fraction of sp³-hybridized carbons (Fsp3) is 0.176. The van der Waals surface area contributed by atoms with Crippen LogP contribution in [0.15, 0.2) is 47.6 Å². The van der Waals surface area contributed by atoms with Crippen LogP contribution >= 0.6 is 23.8 Å². The van der Waals surface area contributed by atoms with E-state index in [1.165, 1.54) is 0 Å². The number of nitrogens with zero attached hydrogens (tertiary/aromatic N) is 1. The van der Waals surface area contributed by atoms with Crippen LogP contribution < -0.4 is 20.2 Å². The molecule has 0 atom stereocenters. The molecule has 0 radical (unpaired) electrons. The zero-order valence-corrected chi connectivity index (χ0v) is 15.2. The molecule has 0 saturated heterocycles. The van der Waals surface area contributed by atoms with Crippen molar-refractivity contribution in [1.29, 1.82) is 0 Å². The van der Waals surface area contributed by atoms with Crippen LogP contribution in [0.2, 0.25) is 5.02 Å². The van der Waals surface area contributed by atoms with Crippen molar-refractivity contribution in [3.8, 4) is 11.5 Å². The minimum atomic E-state index is 0.371. The Bertz CT molecular complexity index is 748. The Balaban J connectivity index is 2.00. The van der Waals surface area contributed by atoms with Crippen LogP contribution in [-0.4, -0.2) is 25.0 Å². The molecule has 0 bridgehead atoms. The molecular weight excluding hydrogens is 346 g/mol. The number of hydrazone groups is 1. The molecule has 0 aliphatic carbocycles. The van der Waals surface area contributed by atoms with Gasteiger partial charge >= 0.3 is 0 Å². The summed E-state index contributed by atoms with van der Waals surface area (Å²) in [5.41, 5.74) is 5.34. The molecule has 0 amide bonds. The molecule has 0 fully saturated rings. The number of ether oxygens (including phenoxy) is 2. The van der Waals surface area contributed by atoms with Crippen LogP contribution in [0.5, 0.6) is 11.5 Å². The van der Waals surface area contributed by atoms with E-state index >= 15 is 0 Å². The largest absolute Gasteiger partial charge is 0.493 e. The molecule has 0 saturated carbocycles. The van der Waals surface area contributed by atoms with Gasteiger partial charge in [0, 0.05) is 16.8 Å². The van der Waals surface area contributed by atoms with E-state index < -0.39 is 0 Å². The van der Waals surface area contributed by atoms with Crippen molar-refractivity contribution in [3.63, 3.8) is 0 Å². The smallest absolute Gasteiger partial charge is 0.191 e. The molecule has 0 aromatic heterocycles. The molecule has 2 N–H and O–H groups in total. The van der Waals surface area contributed by atoms with E-state index in [0.29, 0.717) is 21.6 Å². The molecule has 24 heavy (non-hydrogen) atoms. The van der Waals surface area contributed by atoms with E-state index in [2.05, 4.69) is 15.8 Å². The lowest BCUT2D eigenvalue weighted by atomic mass is 10.1. The number of anilines is 1. The molecule has 0 aliphatic rings. The SMILES string of the molecule is COc1ccc(NC(=S)N/N=C(/C)c2ccc(Cl)cc2)cc1OC. The summed E-state index contributed by atoms with van der Waals surface area (Å²) in [6.45, 7) is 1.88. The van der Waals surface area contributed by atoms with Crippen molar-refractivity contribution in [2.45, 2.75) is 6.92 Å². The van der Waals surface area contributed by atoms with Crippen molar-refractivity contribution in [2.24, 2.45) is 5.10 Å². The predicted molar refractivity (Wildman–Crippen MR) is 103 cm³/mol. The Morgan fingerprint density at radius 3 is 2.33 bits per heavy atom. The highest BCUT2D eigenvalue weighted by Crippen LogP contribution is 2.29. The van der Waals surface area contributed by atoms with Crippen molar-refractivity contribution in [2.75, 3.05) is 19.5 Å². The molecular formula is C17H18ClN3O2S. The van der Waals surface area contributed by atoms with Gasteiger partial charge in [0.2, 0.25) is 0 Å². The van der Waals surface area contributed by atoms with Crippen LogP contribution in [0, 0.1) is 0 Å². The second kappa shape index (κ2) is 8.52. The summed E-state index contributed by atoms with van der Waals surface area (Å²) < 4.78 is 10.5. The van der Waals surface area contributed by atoms with Gasteiger partial charge in [0.05, 0.1) is 19.9 Å². The van der Waals surface area contributed by atoms with Crippen molar-refractivity contribution in [3.05, 3.63) is 53.1 Å². The molecule has 126 valence electrons. The van der Waals surface area contributed by atoms with Gasteiger partial charge in [-0.05, 0) is 49.0 Å². The Labute approximate surface area is 151 Å². The average molecular weight is 364 g/mol. The number of hydrogen-bond acceptors (Lipinski definition) is 4. The van der Waals surface area contributed by atoms with Gasteiger partial charge in [0.1, 0.15) is 0 Å². The van der Waals surface area contributed by atoms with Crippen molar-refractivity contribution < 1.29 is 9.47 Å². The summed E-state index contributed by atoms with van der Waals surface area (Å²) in [6.07, 6.45) is 0. The highest BCUT2D eigenvalue weighted by atomic mass is 35.5. The second-order valence-electron chi connectivity index (χ2n) is 4.84. The molecule has 0 heterocycles. The molecule has 0 unspecified atom stereocenters. The minimum Gasteiger partial charge on any atom is -0.493 e. The highest BCUT2D eigenvalue weighted by Gasteiger charge is 2.05. The average Bonchev–Trinajstić information content (AvgIpc) is 2.60. The number of benzene rings is 2. The second-order valence-corrected chi connectivity index (χ2v) is 5.68. The lowest BCUT2D eigenvalue weighted by Gasteiger charge is -2.12. The topological polar surface area (TPSA) is 54.9 Å². The van der Waals surface area contributed by atoms with E-state index in [0.717, 1.165) is 17.0 Å². The molecule has 0 spiro atoms. The van der Waals surface area contributed by atoms with E-state index in [1.807, 2.05) is 37.3 Å². The van der Waals surface area contributed by atoms with Crippen LogP contribution in [0.3, 0.4) is 0 Å². The zero-order chi connectivity index (χ0) is 17.5. The summed E-state index contributed by atoms with van der Waals surface area (Å²) in [5, 5.41) is 8.36. The van der Waals surface area contributed by atoms with Crippen molar-refractivity contribution >= 4 is 40.3 Å². The standard InChI is InChI=1S/C17H18ClN3O2S/c1-11(12-4-6-13(18)7-5-12)20-21-17(24)19-14-8-9-15(22-2)16(10-14)23-3/h4-10H,1-3H3,(H2,19,21,24)/b20-11-. The highest BCUT2D eigenvalue weighted by molar-refractivity contribution is 7.80. The molecule has 2 aromatic carbocycles. The maximum Gasteiger partial charge on any atom is 0.191 e. The number of nitrogens with one attached hydrogen (secondary N) is 2. The van der Waals surface area contributed by atoms with Crippen LogP contribution in [0.4, 0.5) is 5.69 Å². The Hall–Kier alpha value is -2.31. The first-order chi connectivity index (χ1) is 11.5. The Morgan fingerprint density at radius 1 is 1.04 bits per heavy atom. The Kier molecular flexibility index (Phi) is 6.40. The fourth-order valence-corrected chi connectivity index (χ4v) is 2.25. The zero-order valence-electron chi connectivity index (χ0n) is 13.6. The quantitative estimate of drug-likeness (QED) is 0.476. The van der Waals surface area contributed by atoms with Gasteiger partial charge in [-0.15, -0.1) is 0 Å². The lowest BCUT2D eigenvalue weighted by Crippen LogP contribution is -2.25. The first-order valence-corrected chi connectivity index (χ1v) is 7.91. The van der Waals surface area contributed by atoms with E-state index in [1.54, 1.807) is 26.4 Å². The molecule has 0 aliphatic heterocycles. The van der Waals surface area contributed by atoms with Gasteiger partial charge in [-0.2, -0.15) is 5.10 Å². The Morgan fingerprint density at radius 2 is 1.71 bits per heavy atom. The number of thiocarbonyl (C=S) groups is 1. The van der Waals surface area contributed by atoms with Gasteiger partial charge in [0.25, 0.3) is 0 Å². The van der Waals surface area contributed by atoms with Crippen LogP contribution in [0.1, 0.15) is 12.5 Å². The summed E-state index contributed by atoms with van der Waals surface area (Å²) in [7, 11) is 3.17. The van der Waals surface area contributed by atoms with E-state index in [-0.39, 0.29) is 0 Å². The van der Waals surface area contributed by atoms with Gasteiger partial charge in [-0.3, -0.25) is 5.43 Å². The van der Waals surface area contributed by atoms with Gasteiger partial charge in [-0.1, -0.05) is 23.7 Å². The first-order valence-electron chi connectivity index (χ1n) is 7.12. The first kappa shape index (κ1) is 18.0. The molecule has 2 rings (SSSR count). The third kappa shape index (κ3) is 4.84.